The smallest absolute Gasteiger partial charge is 0.0558 e. The van der Waals surface area contributed by atoms with E-state index in [1.807, 2.05) is 38.4 Å². The van der Waals surface area contributed by atoms with Crippen LogP contribution in [0, 0.1) is 11.8 Å². The maximum atomic E-state index is 8.48. The molecule has 11 nitrogen and oxygen atoms in total. The first kappa shape index (κ1) is 81.1. The number of para-hydroxylation sites is 1. The quantitative estimate of drug-likeness (QED) is 0.0420. The molecule has 0 spiro atoms. The van der Waals surface area contributed by atoms with Crippen LogP contribution in [0.4, 0.5) is 5.69 Å². The molecule has 0 heterocycles. The van der Waals surface area contributed by atoms with Gasteiger partial charge in [0.15, 0.2) is 0 Å². The molecule has 0 bridgehead atoms. The third-order valence-corrected chi connectivity index (χ3v) is 14.8. The highest BCUT2D eigenvalue weighted by atomic mass is 16.3. The van der Waals surface area contributed by atoms with E-state index in [2.05, 4.69) is 136 Å². The Bertz CT molecular complexity index is 1320. The minimum Gasteiger partial charge on any atom is -0.395 e. The molecule has 0 aromatic heterocycles. The standard InChI is InChI=1S/C14H27N.C14H31N.C11H26N2.C9H13N.C8H11N.C6H15NO3.C6H15N/c1-3-7-13(8-4-1)11-15-12-14-9-5-2-6-10-14;1-4-5-6-7-8-9-10-11-12-13-14-15(2)3;1-3-5-9-13(10-6-4-2)11-7-8-12;1-10(2)8-9-6-4-3-5-7-9;1-9(2)8-6-4-3-5-7-8;8-4-1-7(2-5-9)3-6-10;1-4-7(5-2)6-3/h13-15H,1-12H2;4-14H2,1-3H3;3-12H2,1-2H3;3-7H,8H2,1-2H3;3-7H,1-2H3;8-10H,1-6H2;4-6H2,1-3H3. The van der Waals surface area contributed by atoms with Crippen molar-refractivity contribution in [3.63, 3.8) is 0 Å². The normalized spacial score (nSPS) is 13.4. The van der Waals surface area contributed by atoms with Crippen LogP contribution in [-0.2, 0) is 6.54 Å². The minimum absolute atomic E-state index is 0.0694. The zero-order valence-electron chi connectivity index (χ0n) is 54.7. The Morgan fingerprint density at radius 2 is 0.797 bits per heavy atom. The topological polar surface area (TPSA) is 118 Å². The first-order valence-corrected chi connectivity index (χ1v) is 32.8. The Kier molecular flexibility index (Phi) is 66.7. The molecule has 6 N–H and O–H groups in total. The lowest BCUT2D eigenvalue weighted by Gasteiger charge is -2.25. The van der Waals surface area contributed by atoms with Crippen LogP contribution in [0.5, 0.6) is 0 Å². The predicted molar refractivity (Wildman–Crippen MR) is 352 cm³/mol. The number of hydrogen-bond acceptors (Lipinski definition) is 11. The number of hydrogen-bond donors (Lipinski definition) is 5. The van der Waals surface area contributed by atoms with Crippen molar-refractivity contribution in [3.8, 4) is 0 Å². The molecule has 2 aromatic rings. The first-order chi connectivity index (χ1) is 38.3. The third-order valence-electron chi connectivity index (χ3n) is 14.8. The Hall–Kier alpha value is -2.16. The SMILES string of the molecule is C1CCC(CNCC2CCCCC2)CC1.CCCCCCCCCCCCN(C)C.CCCCN(CCCC)CCCN.CCN(CC)CC.CN(C)Cc1ccccc1.CN(C)c1ccccc1.OCCN(CCO)CCO. The summed E-state index contributed by atoms with van der Waals surface area (Å²) in [6.07, 6.45) is 35.6. The Labute approximate surface area is 493 Å². The summed E-state index contributed by atoms with van der Waals surface area (Å²) in [5.41, 5.74) is 8.12. The summed E-state index contributed by atoms with van der Waals surface area (Å²) in [6.45, 7) is 28.1. The predicted octanol–water partition coefficient (Wildman–Crippen LogP) is 13.6. The maximum absolute atomic E-state index is 8.48. The van der Waals surface area contributed by atoms with Crippen LogP contribution < -0.4 is 16.0 Å². The van der Waals surface area contributed by atoms with Crippen LogP contribution in [0.3, 0.4) is 0 Å². The summed E-state index contributed by atoms with van der Waals surface area (Å²) in [5, 5.41) is 29.2. The molecule has 0 saturated heterocycles. The highest BCUT2D eigenvalue weighted by Gasteiger charge is 2.16. The molecule has 79 heavy (non-hydrogen) atoms. The zero-order chi connectivity index (χ0) is 59.3. The molecule has 0 aliphatic heterocycles. The molecule has 0 unspecified atom stereocenters. The number of aliphatic hydroxyl groups excluding tert-OH is 3. The summed E-state index contributed by atoms with van der Waals surface area (Å²) in [5.74, 6) is 2.00. The second-order valence-corrected chi connectivity index (χ2v) is 22.9. The molecule has 0 amide bonds. The Balaban J connectivity index is -0.000000865. The number of nitrogens with zero attached hydrogens (tertiary/aromatic N) is 6. The minimum atomic E-state index is 0.0694. The third kappa shape index (κ3) is 60.3. The van der Waals surface area contributed by atoms with E-state index in [4.69, 9.17) is 21.1 Å². The summed E-state index contributed by atoms with van der Waals surface area (Å²) in [4.78, 5) is 13.2. The molecule has 468 valence electrons. The second kappa shape index (κ2) is 65.0. The molecule has 2 fully saturated rings. The van der Waals surface area contributed by atoms with Gasteiger partial charge in [0.1, 0.15) is 0 Å². The largest absolute Gasteiger partial charge is 0.395 e. The molecule has 4 rings (SSSR count). The zero-order valence-corrected chi connectivity index (χ0v) is 54.7. The molecule has 0 radical (unpaired) electrons. The first-order valence-electron chi connectivity index (χ1n) is 32.8. The lowest BCUT2D eigenvalue weighted by atomic mass is 9.87. The van der Waals surface area contributed by atoms with Gasteiger partial charge in [-0.25, -0.2) is 0 Å². The molecule has 2 aliphatic carbocycles. The van der Waals surface area contributed by atoms with Crippen molar-refractivity contribution >= 4 is 5.69 Å². The number of aliphatic hydroxyl groups is 3. The van der Waals surface area contributed by atoms with Gasteiger partial charge in [-0.1, -0.05) is 199 Å². The van der Waals surface area contributed by atoms with E-state index in [0.29, 0.717) is 19.6 Å². The van der Waals surface area contributed by atoms with Gasteiger partial charge in [-0.2, -0.15) is 0 Å². The van der Waals surface area contributed by atoms with E-state index in [1.54, 1.807) is 4.90 Å². The van der Waals surface area contributed by atoms with E-state index in [-0.39, 0.29) is 19.8 Å². The van der Waals surface area contributed by atoms with Gasteiger partial charge in [-0.3, -0.25) is 4.90 Å². The van der Waals surface area contributed by atoms with E-state index < -0.39 is 0 Å². The van der Waals surface area contributed by atoms with Gasteiger partial charge in [0.05, 0.1) is 19.8 Å². The number of unbranched alkanes of at least 4 members (excludes halogenated alkanes) is 11. The van der Waals surface area contributed by atoms with Gasteiger partial charge in [-0.05, 0) is 175 Å². The van der Waals surface area contributed by atoms with Crippen molar-refractivity contribution in [2.45, 2.75) is 209 Å². The van der Waals surface area contributed by atoms with E-state index in [9.17, 15) is 0 Å². The Morgan fingerprint density at radius 1 is 0.418 bits per heavy atom. The maximum Gasteiger partial charge on any atom is 0.0558 e. The van der Waals surface area contributed by atoms with Crippen LogP contribution in [0.15, 0.2) is 60.7 Å². The number of nitrogens with two attached hydrogens (primary N) is 1. The van der Waals surface area contributed by atoms with Gasteiger partial charge in [0.2, 0.25) is 0 Å². The number of rotatable bonds is 36. The van der Waals surface area contributed by atoms with Gasteiger partial charge in [0, 0.05) is 46.0 Å². The molecule has 2 aromatic carbocycles. The van der Waals surface area contributed by atoms with Crippen LogP contribution >= 0.6 is 0 Å². The molecule has 11 heteroatoms. The fraction of sp³-hybridized carbons (Fsp3) is 0.824. The number of anilines is 1. The van der Waals surface area contributed by atoms with Crippen molar-refractivity contribution in [2.24, 2.45) is 17.6 Å². The average Bonchev–Trinajstić information content (AvgIpc) is 3.46. The van der Waals surface area contributed by atoms with Crippen LogP contribution in [-0.4, -0.2) is 187 Å². The van der Waals surface area contributed by atoms with Gasteiger partial charge < -0.3 is 50.9 Å². The van der Waals surface area contributed by atoms with Crippen molar-refractivity contribution in [1.82, 2.24) is 29.8 Å². The van der Waals surface area contributed by atoms with Crippen LogP contribution in [0.2, 0.25) is 0 Å². The van der Waals surface area contributed by atoms with Crippen molar-refractivity contribution in [2.75, 3.05) is 152 Å². The summed E-state index contributed by atoms with van der Waals surface area (Å²) >= 11 is 0. The summed E-state index contributed by atoms with van der Waals surface area (Å²) < 4.78 is 0. The van der Waals surface area contributed by atoms with Gasteiger partial charge in [-0.15, -0.1) is 0 Å². The highest BCUT2D eigenvalue weighted by molar-refractivity contribution is 5.43. The van der Waals surface area contributed by atoms with Crippen molar-refractivity contribution in [1.29, 1.82) is 0 Å². The summed E-state index contributed by atoms with van der Waals surface area (Å²) in [6, 6.07) is 20.7. The van der Waals surface area contributed by atoms with E-state index in [0.717, 1.165) is 31.3 Å². The second-order valence-electron chi connectivity index (χ2n) is 22.9. The van der Waals surface area contributed by atoms with Crippen LogP contribution in [0.25, 0.3) is 0 Å². The van der Waals surface area contributed by atoms with Gasteiger partial charge in [0.25, 0.3) is 0 Å². The van der Waals surface area contributed by atoms with Crippen molar-refractivity contribution in [3.05, 3.63) is 66.2 Å². The number of benzene rings is 2. The molecule has 2 saturated carbocycles. The monoisotopic (exact) mass is 1120 g/mol. The fourth-order valence-electron chi connectivity index (χ4n) is 9.71. The lowest BCUT2D eigenvalue weighted by molar-refractivity contribution is 0.136. The van der Waals surface area contributed by atoms with Crippen LogP contribution in [0.1, 0.15) is 208 Å². The van der Waals surface area contributed by atoms with Crippen molar-refractivity contribution < 1.29 is 15.3 Å². The Morgan fingerprint density at radius 3 is 1.13 bits per heavy atom. The lowest BCUT2D eigenvalue weighted by Crippen LogP contribution is -2.32. The molecular formula is C68H138N8O3. The molecular weight excluding hydrogens is 977 g/mol. The van der Waals surface area contributed by atoms with E-state index >= 15 is 0 Å². The highest BCUT2D eigenvalue weighted by Crippen LogP contribution is 2.25. The molecule has 2 aliphatic rings. The van der Waals surface area contributed by atoms with Gasteiger partial charge >= 0.3 is 0 Å². The number of nitrogens with one attached hydrogen (secondary N) is 1. The average molecular weight is 1120 g/mol. The summed E-state index contributed by atoms with van der Waals surface area (Å²) in [7, 11) is 12.5. The van der Waals surface area contributed by atoms with E-state index in [1.165, 1.54) is 224 Å². The molecule has 0 atom stereocenters. The fourth-order valence-corrected chi connectivity index (χ4v) is 9.71.